The summed E-state index contributed by atoms with van der Waals surface area (Å²) in [5, 5.41) is 0. The Morgan fingerprint density at radius 3 is 0.867 bits per heavy atom. The molecule has 0 aromatic carbocycles. The van der Waals surface area contributed by atoms with E-state index < -0.39 is 0 Å². The van der Waals surface area contributed by atoms with Crippen LogP contribution in [0.25, 0.3) is 0 Å². The number of likely N-dealkylation sites (N-methyl/N-ethyl adjacent to an activating group) is 2. The Bertz CT molecular complexity index is 1320. The SMILES string of the molecule is CC(C)(C)N1CCCC1.CC(C)(C)N1CCCCC1.CC(C)(C)N1CCOCC1.CC(C)(C)N1CCSCC1.CC(C)N1CCN(C(C)(C)C)CC1.CCN1CCN(C(C)(C)C)CC1.CN1CCN(C(C)(C)C)CC1. The van der Waals surface area contributed by atoms with Crippen molar-refractivity contribution in [3.63, 3.8) is 0 Å². The molecule has 0 saturated carbocycles. The first kappa shape index (κ1) is 72.9. The Labute approximate surface area is 475 Å². The second-order valence-electron chi connectivity index (χ2n) is 30.0. The first-order chi connectivity index (χ1) is 34.4. The summed E-state index contributed by atoms with van der Waals surface area (Å²) in [4.78, 5) is 25.3. The molecule has 0 unspecified atom stereocenters. The van der Waals surface area contributed by atoms with Crippen LogP contribution >= 0.6 is 11.8 Å². The molecule has 7 heterocycles. The molecule has 0 radical (unpaired) electrons. The van der Waals surface area contributed by atoms with Gasteiger partial charge < -0.3 is 14.5 Å². The lowest BCUT2D eigenvalue weighted by atomic mass is 10.0. The molecule has 0 spiro atoms. The average molecular weight is 1080 g/mol. The van der Waals surface area contributed by atoms with Crippen molar-refractivity contribution in [2.24, 2.45) is 0 Å². The lowest BCUT2D eigenvalue weighted by Gasteiger charge is -2.43. The molecule has 12 heteroatoms. The van der Waals surface area contributed by atoms with Gasteiger partial charge in [-0.25, -0.2) is 0 Å². The van der Waals surface area contributed by atoms with E-state index in [2.05, 4.69) is 234 Å². The lowest BCUT2D eigenvalue weighted by Crippen LogP contribution is -2.54. The Hall–Kier alpha value is -0.0900. The fourth-order valence-corrected chi connectivity index (χ4v) is 11.4. The maximum absolute atomic E-state index is 5.25. The van der Waals surface area contributed by atoms with Crippen LogP contribution in [-0.4, -0.2) is 263 Å². The summed E-state index contributed by atoms with van der Waals surface area (Å²) in [5.41, 5.74) is 2.60. The van der Waals surface area contributed by atoms with Crippen LogP contribution < -0.4 is 0 Å². The monoisotopic (exact) mass is 1080 g/mol. The van der Waals surface area contributed by atoms with Crippen LogP contribution in [0.15, 0.2) is 0 Å². The predicted octanol–water partition coefficient (Wildman–Crippen LogP) is 11.4. The van der Waals surface area contributed by atoms with E-state index in [0.717, 1.165) is 26.3 Å². The van der Waals surface area contributed by atoms with Crippen molar-refractivity contribution in [3.05, 3.63) is 0 Å². The van der Waals surface area contributed by atoms with E-state index >= 15 is 0 Å². The molecule has 0 aromatic heterocycles. The molecule has 11 nitrogen and oxygen atoms in total. The van der Waals surface area contributed by atoms with Gasteiger partial charge in [0.2, 0.25) is 0 Å². The number of piperazine rings is 3. The van der Waals surface area contributed by atoms with Gasteiger partial charge >= 0.3 is 0 Å². The maximum atomic E-state index is 5.25. The largest absolute Gasteiger partial charge is 0.379 e. The highest BCUT2D eigenvalue weighted by Gasteiger charge is 2.29. The van der Waals surface area contributed by atoms with Crippen LogP contribution in [-0.2, 0) is 4.74 Å². The maximum Gasteiger partial charge on any atom is 0.0594 e. The van der Waals surface area contributed by atoms with Crippen molar-refractivity contribution in [1.29, 1.82) is 0 Å². The molecule has 0 aliphatic carbocycles. The highest BCUT2D eigenvalue weighted by atomic mass is 32.2. The van der Waals surface area contributed by atoms with Gasteiger partial charge in [0.25, 0.3) is 0 Å². The Morgan fingerprint density at radius 2 is 0.600 bits per heavy atom. The van der Waals surface area contributed by atoms with Gasteiger partial charge in [-0.3, -0.25) is 39.2 Å². The number of morpholine rings is 1. The number of ether oxygens (including phenoxy) is 1. The van der Waals surface area contributed by atoms with Crippen LogP contribution in [0.5, 0.6) is 0 Å². The summed E-state index contributed by atoms with van der Waals surface area (Å²) in [5.74, 6) is 2.63. The topological polar surface area (TPSA) is 41.6 Å². The highest BCUT2D eigenvalue weighted by molar-refractivity contribution is 7.99. The molecule has 0 atom stereocenters. The van der Waals surface area contributed by atoms with Crippen LogP contribution in [0.3, 0.4) is 0 Å². The first-order valence-corrected chi connectivity index (χ1v) is 32.1. The van der Waals surface area contributed by atoms with Gasteiger partial charge in [0.05, 0.1) is 13.2 Å². The Morgan fingerprint density at radius 1 is 0.333 bits per heavy atom. The van der Waals surface area contributed by atoms with Gasteiger partial charge in [-0.15, -0.1) is 0 Å². The minimum atomic E-state index is 0.323. The number of hydrogen-bond acceptors (Lipinski definition) is 12. The Kier molecular flexibility index (Phi) is 33.4. The standard InChI is InChI=1S/C11H24N2.C10H22N2.C9H20N2.C9H19N.C8H17NO.C8H17NS.C8H17N/c1-10(2)12-6-8-13(9-7-12)11(3,4)5;1-5-11-6-8-12(9-7-11)10(2,3)4;1-9(2,3)11-7-5-10(4)6-8-11;1-9(2,3)10-7-5-4-6-8-10;2*1-8(2,3)9-4-6-10-7-5-9;1-8(2,3)9-6-4-5-7-9/h10H,6-9H2,1-5H3;5-9H2,1-4H3;5-8H2,1-4H3;4-8H2,1-3H3;2*4-7H2,1-3H3;4-7H2,1-3H3. The van der Waals surface area contributed by atoms with Gasteiger partial charge in [-0.05, 0) is 225 Å². The van der Waals surface area contributed by atoms with Crippen LogP contribution in [0, 0.1) is 0 Å². The Balaban J connectivity index is 0.000000439. The first-order valence-electron chi connectivity index (χ1n) is 30.9. The molecule has 0 N–H and O–H groups in total. The van der Waals surface area contributed by atoms with Crippen molar-refractivity contribution in [2.75, 3.05) is 169 Å². The minimum absolute atomic E-state index is 0.323. The molecular formula is C63H136N10OS. The van der Waals surface area contributed by atoms with Crippen molar-refractivity contribution in [2.45, 2.75) is 243 Å². The smallest absolute Gasteiger partial charge is 0.0594 e. The predicted molar refractivity (Wildman–Crippen MR) is 337 cm³/mol. The van der Waals surface area contributed by atoms with Gasteiger partial charge in [-0.1, -0.05) is 13.3 Å². The van der Waals surface area contributed by atoms with Crippen LogP contribution in [0.4, 0.5) is 0 Å². The van der Waals surface area contributed by atoms with Crippen molar-refractivity contribution < 1.29 is 4.74 Å². The second kappa shape index (κ2) is 34.4. The summed E-state index contributed by atoms with van der Waals surface area (Å²) >= 11 is 2.07. The molecule has 0 bridgehead atoms. The fourth-order valence-electron chi connectivity index (χ4n) is 10.5. The van der Waals surface area contributed by atoms with Crippen LogP contribution in [0.2, 0.25) is 0 Å². The molecule has 7 saturated heterocycles. The summed E-state index contributed by atoms with van der Waals surface area (Å²) in [6.07, 6.45) is 7.04. The van der Waals surface area contributed by atoms with Gasteiger partial charge in [0, 0.05) is 161 Å². The normalized spacial score (nSPS) is 23.1. The van der Waals surface area contributed by atoms with Gasteiger partial charge in [0.15, 0.2) is 0 Å². The fraction of sp³-hybridized carbons (Fsp3) is 1.00. The number of likely N-dealkylation sites (tertiary alicyclic amines) is 2. The summed E-state index contributed by atoms with van der Waals surface area (Å²) < 4.78 is 5.25. The highest BCUT2D eigenvalue weighted by Crippen LogP contribution is 2.23. The van der Waals surface area contributed by atoms with E-state index in [1.807, 2.05) is 0 Å². The molecule has 7 rings (SSSR count). The van der Waals surface area contributed by atoms with E-state index in [-0.39, 0.29) is 0 Å². The third kappa shape index (κ3) is 32.2. The third-order valence-electron chi connectivity index (χ3n) is 16.5. The van der Waals surface area contributed by atoms with E-state index in [0.29, 0.717) is 44.8 Å². The van der Waals surface area contributed by atoms with Crippen LogP contribution in [0.1, 0.15) is 198 Å². The zero-order chi connectivity index (χ0) is 57.5. The third-order valence-corrected chi connectivity index (χ3v) is 17.4. The molecular weight excluding hydrogens is 945 g/mol. The van der Waals surface area contributed by atoms with Gasteiger partial charge in [-0.2, -0.15) is 11.8 Å². The van der Waals surface area contributed by atoms with Gasteiger partial charge in [0.1, 0.15) is 0 Å². The zero-order valence-corrected chi connectivity index (χ0v) is 56.4. The van der Waals surface area contributed by atoms with Crippen molar-refractivity contribution in [3.8, 4) is 0 Å². The molecule has 7 fully saturated rings. The quantitative estimate of drug-likeness (QED) is 0.265. The summed E-state index contributed by atoms with van der Waals surface area (Å²) in [6.45, 7) is 82.6. The molecule has 0 amide bonds. The van der Waals surface area contributed by atoms with E-state index in [1.54, 1.807) is 0 Å². The number of nitrogens with zero attached hydrogens (tertiary/aromatic N) is 10. The van der Waals surface area contributed by atoms with Crippen molar-refractivity contribution >= 4 is 11.8 Å². The zero-order valence-electron chi connectivity index (χ0n) is 55.6. The molecule has 450 valence electrons. The molecule has 75 heavy (non-hydrogen) atoms. The average Bonchev–Trinajstić information content (AvgIpc) is 3.89. The van der Waals surface area contributed by atoms with E-state index in [1.165, 1.54) is 168 Å². The molecule has 7 aliphatic rings. The second-order valence-corrected chi connectivity index (χ2v) is 31.2. The number of rotatable bonds is 2. The summed E-state index contributed by atoms with van der Waals surface area (Å²) in [6, 6.07) is 0.710. The molecule has 7 aliphatic heterocycles. The summed E-state index contributed by atoms with van der Waals surface area (Å²) in [7, 11) is 2.19. The van der Waals surface area contributed by atoms with Crippen molar-refractivity contribution in [1.82, 2.24) is 49.0 Å². The van der Waals surface area contributed by atoms with E-state index in [4.69, 9.17) is 4.74 Å². The lowest BCUT2D eigenvalue weighted by molar-refractivity contribution is -0.00389. The number of thioether (sulfide) groups is 1. The minimum Gasteiger partial charge on any atom is -0.379 e. The van der Waals surface area contributed by atoms with E-state index in [9.17, 15) is 0 Å². The molecule has 0 aromatic rings. The number of hydrogen-bond donors (Lipinski definition) is 0. The number of piperidine rings is 1.